The van der Waals surface area contributed by atoms with Crippen LogP contribution in [0.2, 0.25) is 0 Å². The number of benzene rings is 1. The van der Waals surface area contributed by atoms with Crippen molar-refractivity contribution in [3.63, 3.8) is 0 Å². The summed E-state index contributed by atoms with van der Waals surface area (Å²) in [6.07, 6.45) is 0.990. The molecule has 4 heteroatoms. The van der Waals surface area contributed by atoms with E-state index >= 15 is 0 Å². The summed E-state index contributed by atoms with van der Waals surface area (Å²) in [5.41, 5.74) is 0.995. The molecule has 0 bridgehead atoms. The van der Waals surface area contributed by atoms with Crippen molar-refractivity contribution in [2.24, 2.45) is 0 Å². The van der Waals surface area contributed by atoms with Gasteiger partial charge in [0.1, 0.15) is 6.04 Å². The van der Waals surface area contributed by atoms with Gasteiger partial charge in [-0.2, -0.15) is 0 Å². The predicted octanol–water partition coefficient (Wildman–Crippen LogP) is 0.800. The molecule has 0 spiro atoms. The number of hydrogen-bond acceptors (Lipinski definition) is 2. The number of carbonyl (C=O) groups is 2. The minimum Gasteiger partial charge on any atom is -0.348 e. The third-order valence-electron chi connectivity index (χ3n) is 1.85. The van der Waals surface area contributed by atoms with Gasteiger partial charge in [-0.15, -0.1) is 12.6 Å². The van der Waals surface area contributed by atoms with Gasteiger partial charge in [-0.25, -0.2) is 0 Å². The van der Waals surface area contributed by atoms with Gasteiger partial charge in [-0.3, -0.25) is 9.59 Å². The summed E-state index contributed by atoms with van der Waals surface area (Å²) in [6.45, 7) is 0. The third kappa shape index (κ3) is 3.22. The van der Waals surface area contributed by atoms with Crippen LogP contribution in [0.15, 0.2) is 30.3 Å². The highest BCUT2D eigenvalue weighted by Crippen LogP contribution is 2.04. The van der Waals surface area contributed by atoms with Crippen molar-refractivity contribution in [3.05, 3.63) is 35.9 Å². The number of carbonyl (C=O) groups excluding carboxylic acids is 2. The molecule has 1 aromatic carbocycles. The van der Waals surface area contributed by atoms with Crippen molar-refractivity contribution >= 4 is 24.2 Å². The SMILES string of the molecule is O=CN[C@@H](Cc1ccccc1)C(=O)S. The average Bonchev–Trinajstić information content (AvgIpc) is 2.18. The van der Waals surface area contributed by atoms with E-state index < -0.39 is 6.04 Å². The quantitative estimate of drug-likeness (QED) is 0.556. The van der Waals surface area contributed by atoms with Crippen molar-refractivity contribution in [2.75, 3.05) is 0 Å². The largest absolute Gasteiger partial charge is 0.348 e. The molecule has 1 amide bonds. The second-order valence-electron chi connectivity index (χ2n) is 2.87. The van der Waals surface area contributed by atoms with Crippen LogP contribution >= 0.6 is 12.6 Å². The van der Waals surface area contributed by atoms with Crippen LogP contribution in [0.5, 0.6) is 0 Å². The Hall–Kier alpha value is -1.29. The fourth-order valence-corrected chi connectivity index (χ4v) is 1.32. The van der Waals surface area contributed by atoms with E-state index in [0.717, 1.165) is 5.56 Å². The summed E-state index contributed by atoms with van der Waals surface area (Å²) < 4.78 is 0. The molecule has 0 unspecified atom stereocenters. The lowest BCUT2D eigenvalue weighted by molar-refractivity contribution is -0.117. The molecule has 0 aliphatic carbocycles. The highest BCUT2D eigenvalue weighted by molar-refractivity contribution is 7.96. The predicted molar refractivity (Wildman–Crippen MR) is 57.1 cm³/mol. The first-order chi connectivity index (χ1) is 6.74. The van der Waals surface area contributed by atoms with Gasteiger partial charge in [0.05, 0.1) is 0 Å². The zero-order valence-electron chi connectivity index (χ0n) is 7.51. The normalized spacial score (nSPS) is 11.8. The molecule has 1 atom stereocenters. The minimum atomic E-state index is -0.543. The van der Waals surface area contributed by atoms with Crippen LogP contribution in [0.3, 0.4) is 0 Å². The summed E-state index contributed by atoms with van der Waals surface area (Å²) in [4.78, 5) is 21.2. The topological polar surface area (TPSA) is 46.2 Å². The highest BCUT2D eigenvalue weighted by atomic mass is 32.1. The Morgan fingerprint density at radius 3 is 2.57 bits per heavy atom. The van der Waals surface area contributed by atoms with Gasteiger partial charge in [0.2, 0.25) is 11.5 Å². The zero-order chi connectivity index (χ0) is 10.4. The van der Waals surface area contributed by atoms with Crippen LogP contribution in [0.4, 0.5) is 0 Å². The molecule has 1 rings (SSSR count). The van der Waals surface area contributed by atoms with Gasteiger partial charge in [-0.05, 0) is 5.56 Å². The molecule has 3 nitrogen and oxygen atoms in total. The molecule has 0 saturated heterocycles. The Labute approximate surface area is 87.9 Å². The average molecular weight is 209 g/mol. The van der Waals surface area contributed by atoms with Crippen molar-refractivity contribution in [2.45, 2.75) is 12.5 Å². The van der Waals surface area contributed by atoms with Gasteiger partial charge >= 0.3 is 0 Å². The monoisotopic (exact) mass is 209 g/mol. The zero-order valence-corrected chi connectivity index (χ0v) is 8.41. The van der Waals surface area contributed by atoms with E-state index in [0.29, 0.717) is 12.8 Å². The molecule has 0 aliphatic heterocycles. The van der Waals surface area contributed by atoms with Crippen molar-refractivity contribution < 1.29 is 9.59 Å². The molecule has 74 valence electrons. The van der Waals surface area contributed by atoms with E-state index in [-0.39, 0.29) is 5.12 Å². The summed E-state index contributed by atoms with van der Waals surface area (Å²) in [5, 5.41) is 2.09. The molecule has 0 saturated carbocycles. The van der Waals surface area contributed by atoms with Crippen LogP contribution in [-0.2, 0) is 16.0 Å². The van der Waals surface area contributed by atoms with Crippen molar-refractivity contribution in [1.82, 2.24) is 5.32 Å². The lowest BCUT2D eigenvalue weighted by Crippen LogP contribution is -2.35. The Balaban J connectivity index is 2.64. The molecule has 0 heterocycles. The maximum absolute atomic E-state index is 11.0. The standard InChI is InChI=1S/C10H11NO2S/c12-7-11-9(10(13)14)6-8-4-2-1-3-5-8/h1-5,7,9H,6H2,(H,11,12)(H,13,14)/t9-/m0/s1. The van der Waals surface area contributed by atoms with Gasteiger partial charge in [-0.1, -0.05) is 30.3 Å². The number of nitrogens with one attached hydrogen (secondary N) is 1. The smallest absolute Gasteiger partial charge is 0.208 e. The molecule has 1 N–H and O–H groups in total. The maximum Gasteiger partial charge on any atom is 0.208 e. The molecule has 0 aromatic heterocycles. The lowest BCUT2D eigenvalue weighted by atomic mass is 10.1. The van der Waals surface area contributed by atoms with E-state index in [1.807, 2.05) is 30.3 Å². The molecule has 1 aromatic rings. The summed E-state index contributed by atoms with van der Waals surface area (Å²) in [7, 11) is 0. The number of amides is 1. The third-order valence-corrected chi connectivity index (χ3v) is 2.16. The summed E-state index contributed by atoms with van der Waals surface area (Å²) in [5.74, 6) is 0. The van der Waals surface area contributed by atoms with E-state index in [9.17, 15) is 9.59 Å². The summed E-state index contributed by atoms with van der Waals surface area (Å²) >= 11 is 3.70. The van der Waals surface area contributed by atoms with Crippen LogP contribution in [0, 0.1) is 0 Å². The first-order valence-electron chi connectivity index (χ1n) is 4.20. The van der Waals surface area contributed by atoms with Gasteiger partial charge in [0.15, 0.2) is 0 Å². The molecule has 0 fully saturated rings. The maximum atomic E-state index is 11.0. The molecular weight excluding hydrogens is 198 g/mol. The summed E-state index contributed by atoms with van der Waals surface area (Å²) in [6, 6.07) is 8.92. The van der Waals surface area contributed by atoms with Crippen molar-refractivity contribution in [3.8, 4) is 0 Å². The number of thiol groups is 1. The van der Waals surface area contributed by atoms with Crippen LogP contribution in [-0.4, -0.2) is 17.6 Å². The van der Waals surface area contributed by atoms with Crippen LogP contribution in [0.25, 0.3) is 0 Å². The molecule has 0 radical (unpaired) electrons. The highest BCUT2D eigenvalue weighted by Gasteiger charge is 2.13. The Bertz CT molecular complexity index is 313. The minimum absolute atomic E-state index is 0.332. The molecule has 14 heavy (non-hydrogen) atoms. The van der Waals surface area contributed by atoms with E-state index in [4.69, 9.17) is 0 Å². The molecular formula is C10H11NO2S. The lowest BCUT2D eigenvalue weighted by Gasteiger charge is -2.11. The first-order valence-corrected chi connectivity index (χ1v) is 4.65. The van der Waals surface area contributed by atoms with Crippen LogP contribution < -0.4 is 5.32 Å². The van der Waals surface area contributed by atoms with Gasteiger partial charge in [0, 0.05) is 6.42 Å². The van der Waals surface area contributed by atoms with Crippen molar-refractivity contribution in [1.29, 1.82) is 0 Å². The Kier molecular flexibility index (Phi) is 4.19. The second kappa shape index (κ2) is 5.44. The Morgan fingerprint density at radius 2 is 2.07 bits per heavy atom. The Morgan fingerprint density at radius 1 is 1.43 bits per heavy atom. The first kappa shape index (κ1) is 10.8. The van der Waals surface area contributed by atoms with E-state index in [1.165, 1.54) is 0 Å². The van der Waals surface area contributed by atoms with E-state index in [1.54, 1.807) is 0 Å². The fourth-order valence-electron chi connectivity index (χ4n) is 1.15. The van der Waals surface area contributed by atoms with Gasteiger partial charge < -0.3 is 5.32 Å². The number of hydrogen-bond donors (Lipinski definition) is 2. The van der Waals surface area contributed by atoms with Crippen LogP contribution in [0.1, 0.15) is 5.56 Å². The number of rotatable bonds is 5. The fraction of sp³-hybridized carbons (Fsp3) is 0.200. The second-order valence-corrected chi connectivity index (χ2v) is 3.31. The molecule has 0 aliphatic rings. The van der Waals surface area contributed by atoms with Gasteiger partial charge in [0.25, 0.3) is 0 Å². The van der Waals surface area contributed by atoms with E-state index in [2.05, 4.69) is 17.9 Å².